The second kappa shape index (κ2) is 10.6. The average molecular weight is 447 g/mol. The summed E-state index contributed by atoms with van der Waals surface area (Å²) in [6.07, 6.45) is 1.94. The number of unbranched alkanes of at least 4 members (excludes halogenated alkanes) is 1. The lowest BCUT2D eigenvalue weighted by Gasteiger charge is -2.20. The second-order valence-corrected chi connectivity index (χ2v) is 8.26. The van der Waals surface area contributed by atoms with Crippen LogP contribution in [0.15, 0.2) is 28.4 Å². The first-order chi connectivity index (χ1) is 14.0. The first kappa shape index (κ1) is 23.9. The van der Waals surface area contributed by atoms with Gasteiger partial charge in [0.1, 0.15) is 16.8 Å². The summed E-state index contributed by atoms with van der Waals surface area (Å²) in [4.78, 5) is 17.6. The van der Waals surface area contributed by atoms with Gasteiger partial charge in [-0.2, -0.15) is 5.26 Å². The van der Waals surface area contributed by atoms with Gasteiger partial charge >= 0.3 is 0 Å². The number of thiazole rings is 1. The van der Waals surface area contributed by atoms with Crippen molar-refractivity contribution in [1.82, 2.24) is 9.55 Å². The Hall–Kier alpha value is -2.40. The van der Waals surface area contributed by atoms with Gasteiger partial charge in [0, 0.05) is 29.4 Å². The van der Waals surface area contributed by atoms with Crippen molar-refractivity contribution in [2.45, 2.75) is 46.7 Å². The van der Waals surface area contributed by atoms with Gasteiger partial charge in [-0.25, -0.2) is 4.98 Å². The number of nitriles is 1. The second-order valence-electron chi connectivity index (χ2n) is 7.40. The lowest BCUT2D eigenvalue weighted by atomic mass is 10.1. The molecule has 6 nitrogen and oxygen atoms in total. The highest BCUT2D eigenvalue weighted by molar-refractivity contribution is 7.13. The summed E-state index contributed by atoms with van der Waals surface area (Å²) < 4.78 is 7.92. The van der Waals surface area contributed by atoms with Crippen LogP contribution >= 0.6 is 23.7 Å². The van der Waals surface area contributed by atoms with Crippen LogP contribution in [0.5, 0.6) is 5.75 Å². The number of aromatic nitrogens is 2. The number of halogens is 1. The van der Waals surface area contributed by atoms with E-state index < -0.39 is 0 Å². The standard InChI is InChI=1S/C22H26N4O2S.ClH/c1-4-5-8-28-20-18-9-15(21-25-16(10-23)13-29-21)6-7-17(18)22(27)26(12-14(2)3)19(20)11-24;/h6-7,9,13-14H,4-5,8,11-12,24H2,1-3H3;1H. The van der Waals surface area contributed by atoms with Crippen molar-refractivity contribution in [2.75, 3.05) is 6.61 Å². The Bertz CT molecular complexity index is 1110. The molecule has 30 heavy (non-hydrogen) atoms. The van der Waals surface area contributed by atoms with Crippen molar-refractivity contribution in [3.8, 4) is 22.4 Å². The predicted molar refractivity (Wildman–Crippen MR) is 124 cm³/mol. The van der Waals surface area contributed by atoms with Gasteiger partial charge in [0.15, 0.2) is 5.69 Å². The van der Waals surface area contributed by atoms with E-state index in [1.807, 2.05) is 18.2 Å². The molecule has 0 bridgehead atoms. The normalized spacial score (nSPS) is 10.8. The summed E-state index contributed by atoms with van der Waals surface area (Å²) in [6, 6.07) is 7.69. The van der Waals surface area contributed by atoms with Crippen LogP contribution in [0, 0.1) is 17.2 Å². The van der Waals surface area contributed by atoms with Crippen LogP contribution in [0.1, 0.15) is 45.0 Å². The molecule has 1 aromatic carbocycles. The quantitative estimate of drug-likeness (QED) is 0.505. The Morgan fingerprint density at radius 1 is 1.33 bits per heavy atom. The number of hydrogen-bond acceptors (Lipinski definition) is 6. The van der Waals surface area contributed by atoms with E-state index >= 15 is 0 Å². The third-order valence-electron chi connectivity index (χ3n) is 4.68. The molecule has 0 fully saturated rings. The molecule has 2 N–H and O–H groups in total. The summed E-state index contributed by atoms with van der Waals surface area (Å²) in [5.74, 6) is 0.980. The average Bonchev–Trinajstić information content (AvgIpc) is 3.20. The first-order valence-corrected chi connectivity index (χ1v) is 10.8. The summed E-state index contributed by atoms with van der Waals surface area (Å²) in [6.45, 7) is 7.64. The minimum absolute atomic E-state index is 0. The topological polar surface area (TPSA) is 93.9 Å². The highest BCUT2D eigenvalue weighted by atomic mass is 35.5. The Labute approximate surface area is 186 Å². The van der Waals surface area contributed by atoms with Crippen LogP contribution in [0.25, 0.3) is 21.3 Å². The zero-order valence-corrected chi connectivity index (χ0v) is 19.1. The van der Waals surface area contributed by atoms with Crippen LogP contribution < -0.4 is 16.0 Å². The van der Waals surface area contributed by atoms with E-state index in [1.165, 1.54) is 11.3 Å². The SMILES string of the molecule is CCCCOc1c(CN)n(CC(C)C)c(=O)c2ccc(-c3nc(C#N)cs3)cc12.Cl. The zero-order valence-electron chi connectivity index (χ0n) is 17.5. The zero-order chi connectivity index (χ0) is 21.0. The smallest absolute Gasteiger partial charge is 0.258 e. The fourth-order valence-corrected chi connectivity index (χ4v) is 4.04. The molecular formula is C22H27ClN4O2S. The lowest BCUT2D eigenvalue weighted by molar-refractivity contribution is 0.304. The van der Waals surface area contributed by atoms with Crippen molar-refractivity contribution in [2.24, 2.45) is 11.7 Å². The molecule has 3 rings (SSSR count). The Morgan fingerprint density at radius 3 is 2.70 bits per heavy atom. The molecule has 0 radical (unpaired) electrons. The van der Waals surface area contributed by atoms with Crippen molar-refractivity contribution in [3.05, 3.63) is 45.3 Å². The van der Waals surface area contributed by atoms with Crippen LogP contribution in [0.3, 0.4) is 0 Å². The van der Waals surface area contributed by atoms with Crippen molar-refractivity contribution < 1.29 is 4.74 Å². The van der Waals surface area contributed by atoms with E-state index in [0.29, 0.717) is 35.9 Å². The van der Waals surface area contributed by atoms with Crippen LogP contribution in [0.4, 0.5) is 0 Å². The fourth-order valence-electron chi connectivity index (χ4n) is 3.30. The van der Waals surface area contributed by atoms with E-state index in [4.69, 9.17) is 15.7 Å². The van der Waals surface area contributed by atoms with Gasteiger partial charge in [0.05, 0.1) is 17.7 Å². The number of nitrogens with two attached hydrogens (primary N) is 1. The molecule has 3 aromatic rings. The van der Waals surface area contributed by atoms with Crippen LogP contribution in [-0.2, 0) is 13.1 Å². The van der Waals surface area contributed by atoms with Crippen molar-refractivity contribution >= 4 is 34.5 Å². The molecular weight excluding hydrogens is 420 g/mol. The Kier molecular flexibility index (Phi) is 8.42. The molecule has 0 atom stereocenters. The maximum atomic E-state index is 13.2. The fraction of sp³-hybridized carbons (Fsp3) is 0.409. The molecule has 0 saturated heterocycles. The molecule has 0 aliphatic carbocycles. The molecule has 0 amide bonds. The molecule has 0 saturated carbocycles. The van der Waals surface area contributed by atoms with E-state index in [9.17, 15) is 4.79 Å². The summed E-state index contributed by atoms with van der Waals surface area (Å²) >= 11 is 1.41. The third kappa shape index (κ3) is 4.84. The highest BCUT2D eigenvalue weighted by Gasteiger charge is 2.19. The molecule has 8 heteroatoms. The van der Waals surface area contributed by atoms with Gasteiger partial charge in [0.2, 0.25) is 0 Å². The highest BCUT2D eigenvalue weighted by Crippen LogP contribution is 2.33. The number of ether oxygens (including phenoxy) is 1. The van der Waals surface area contributed by atoms with E-state index in [-0.39, 0.29) is 24.5 Å². The summed E-state index contributed by atoms with van der Waals surface area (Å²) in [5.41, 5.74) is 7.99. The largest absolute Gasteiger partial charge is 0.491 e. The number of pyridine rings is 1. The number of benzene rings is 1. The molecule has 160 valence electrons. The number of hydrogen-bond donors (Lipinski definition) is 1. The van der Waals surface area contributed by atoms with Crippen LogP contribution in [-0.4, -0.2) is 16.2 Å². The molecule has 0 aliphatic heterocycles. The number of nitrogens with zero attached hydrogens (tertiary/aromatic N) is 3. The minimum atomic E-state index is -0.0552. The minimum Gasteiger partial charge on any atom is -0.491 e. The molecule has 2 heterocycles. The maximum absolute atomic E-state index is 13.2. The molecule has 0 spiro atoms. The van der Waals surface area contributed by atoms with Crippen molar-refractivity contribution in [1.29, 1.82) is 5.26 Å². The van der Waals surface area contributed by atoms with Gasteiger partial charge in [-0.1, -0.05) is 33.3 Å². The van der Waals surface area contributed by atoms with E-state index in [1.54, 1.807) is 9.95 Å². The molecule has 2 aromatic heterocycles. The first-order valence-electron chi connectivity index (χ1n) is 9.88. The predicted octanol–water partition coefficient (Wildman–Crippen LogP) is 4.71. The van der Waals surface area contributed by atoms with Crippen LogP contribution in [0.2, 0.25) is 0 Å². The Morgan fingerprint density at radius 2 is 2.10 bits per heavy atom. The summed E-state index contributed by atoms with van der Waals surface area (Å²) in [7, 11) is 0. The van der Waals surface area contributed by atoms with Gasteiger partial charge in [-0.05, 0) is 24.5 Å². The van der Waals surface area contributed by atoms with Crippen molar-refractivity contribution in [3.63, 3.8) is 0 Å². The van der Waals surface area contributed by atoms with E-state index in [2.05, 4.69) is 31.8 Å². The lowest BCUT2D eigenvalue weighted by Crippen LogP contribution is -2.28. The Balaban J connectivity index is 0.00000320. The van der Waals surface area contributed by atoms with Gasteiger partial charge in [-0.15, -0.1) is 23.7 Å². The maximum Gasteiger partial charge on any atom is 0.258 e. The molecule has 0 unspecified atom stereocenters. The molecule has 0 aliphatic rings. The number of rotatable bonds is 8. The van der Waals surface area contributed by atoms with Gasteiger partial charge < -0.3 is 15.0 Å². The van der Waals surface area contributed by atoms with E-state index in [0.717, 1.165) is 34.5 Å². The van der Waals surface area contributed by atoms with Gasteiger partial charge in [0.25, 0.3) is 5.56 Å². The number of fused-ring (bicyclic) bond motifs is 1. The monoisotopic (exact) mass is 446 g/mol. The van der Waals surface area contributed by atoms with Gasteiger partial charge in [-0.3, -0.25) is 4.79 Å². The summed E-state index contributed by atoms with van der Waals surface area (Å²) in [5, 5.41) is 12.9. The third-order valence-corrected chi connectivity index (χ3v) is 5.57.